The Morgan fingerprint density at radius 2 is 1.70 bits per heavy atom. The fraction of sp³-hybridized carbons (Fsp3) is 0.500. The molecule has 0 fully saturated rings. The first kappa shape index (κ1) is 16.9. The first-order valence-electron chi connectivity index (χ1n) is 5.84. The molecule has 0 atom stereocenters. The van der Waals surface area contributed by atoms with E-state index in [-0.39, 0.29) is 13.2 Å². The van der Waals surface area contributed by atoms with E-state index in [9.17, 15) is 21.6 Å². The first-order valence-corrected chi connectivity index (χ1v) is 7.32. The molecule has 114 valence electrons. The predicted octanol–water partition coefficient (Wildman–Crippen LogP) is 1.79. The number of aliphatic hydroxyl groups is 1. The highest BCUT2D eigenvalue weighted by Crippen LogP contribution is 2.22. The molecule has 0 heterocycles. The molecule has 4 nitrogen and oxygen atoms in total. The van der Waals surface area contributed by atoms with Crippen LogP contribution in [0.1, 0.15) is 20.3 Å². The van der Waals surface area contributed by atoms with Crippen molar-refractivity contribution in [3.05, 3.63) is 29.6 Å². The molecule has 0 aromatic heterocycles. The number of hydrogen-bond acceptors (Lipinski definition) is 3. The lowest BCUT2D eigenvalue weighted by Crippen LogP contribution is -2.35. The van der Waals surface area contributed by atoms with Crippen LogP contribution in [0.25, 0.3) is 0 Å². The van der Waals surface area contributed by atoms with E-state index in [1.54, 1.807) is 13.8 Å². The number of halogens is 3. The zero-order valence-electron chi connectivity index (χ0n) is 11.1. The second-order valence-electron chi connectivity index (χ2n) is 5.16. The van der Waals surface area contributed by atoms with Crippen LogP contribution in [-0.2, 0) is 10.0 Å². The van der Waals surface area contributed by atoms with Crippen LogP contribution in [0.4, 0.5) is 13.2 Å². The number of hydrogen-bond donors (Lipinski definition) is 2. The van der Waals surface area contributed by atoms with Crippen molar-refractivity contribution in [1.82, 2.24) is 4.72 Å². The average Bonchev–Trinajstić information content (AvgIpc) is 2.24. The summed E-state index contributed by atoms with van der Waals surface area (Å²) >= 11 is 0. The molecule has 1 rings (SSSR count). The Balaban J connectivity index is 3.01. The van der Waals surface area contributed by atoms with Crippen LogP contribution in [-0.4, -0.2) is 26.7 Å². The van der Waals surface area contributed by atoms with Crippen LogP contribution >= 0.6 is 0 Å². The summed E-state index contributed by atoms with van der Waals surface area (Å²) < 4.78 is 65.4. The highest BCUT2D eigenvalue weighted by atomic mass is 32.2. The molecule has 0 aliphatic carbocycles. The quantitative estimate of drug-likeness (QED) is 0.842. The summed E-state index contributed by atoms with van der Waals surface area (Å²) in [5.74, 6) is -4.18. The van der Waals surface area contributed by atoms with Crippen LogP contribution in [0, 0.1) is 22.9 Å². The number of benzene rings is 1. The monoisotopic (exact) mass is 311 g/mol. The van der Waals surface area contributed by atoms with Gasteiger partial charge in [-0.05, 0) is 11.8 Å². The van der Waals surface area contributed by atoms with E-state index in [0.29, 0.717) is 18.6 Å². The van der Waals surface area contributed by atoms with Crippen molar-refractivity contribution >= 4 is 10.0 Å². The number of rotatable bonds is 6. The summed E-state index contributed by atoms with van der Waals surface area (Å²) in [7, 11) is -4.44. The second kappa shape index (κ2) is 6.11. The van der Waals surface area contributed by atoms with Crippen LogP contribution in [0.15, 0.2) is 17.0 Å². The van der Waals surface area contributed by atoms with E-state index in [1.807, 2.05) is 0 Å². The first-order chi connectivity index (χ1) is 9.09. The van der Waals surface area contributed by atoms with E-state index < -0.39 is 37.8 Å². The number of nitrogens with one attached hydrogen (secondary N) is 1. The van der Waals surface area contributed by atoms with Gasteiger partial charge in [0.05, 0.1) is 0 Å². The maximum Gasteiger partial charge on any atom is 0.246 e. The summed E-state index contributed by atoms with van der Waals surface area (Å²) in [6, 6.07) is 0.604. The Bertz CT molecular complexity index is 565. The Morgan fingerprint density at radius 3 is 2.15 bits per heavy atom. The topological polar surface area (TPSA) is 66.4 Å². The third-order valence-corrected chi connectivity index (χ3v) is 4.21. The smallest absolute Gasteiger partial charge is 0.246 e. The number of aliphatic hydroxyl groups excluding tert-OH is 1. The van der Waals surface area contributed by atoms with Crippen LogP contribution in [0.5, 0.6) is 0 Å². The summed E-state index contributed by atoms with van der Waals surface area (Å²) in [6.07, 6.45) is 0.309. The average molecular weight is 311 g/mol. The SMILES string of the molecule is CC(C)(CCO)CNS(=O)(=O)c1c(F)cc(F)cc1F. The molecule has 0 amide bonds. The molecule has 1 aromatic rings. The molecule has 0 radical (unpaired) electrons. The molecule has 8 heteroatoms. The van der Waals surface area contributed by atoms with Crippen molar-refractivity contribution in [2.75, 3.05) is 13.2 Å². The highest BCUT2D eigenvalue weighted by molar-refractivity contribution is 7.89. The van der Waals surface area contributed by atoms with E-state index in [2.05, 4.69) is 4.72 Å². The Morgan fingerprint density at radius 1 is 1.20 bits per heavy atom. The fourth-order valence-corrected chi connectivity index (χ4v) is 2.90. The van der Waals surface area contributed by atoms with Crippen molar-refractivity contribution in [2.24, 2.45) is 5.41 Å². The Hall–Kier alpha value is -1.12. The Kier molecular flexibility index (Phi) is 5.17. The number of sulfonamides is 1. The lowest BCUT2D eigenvalue weighted by molar-refractivity contribution is 0.213. The minimum absolute atomic E-state index is 0.119. The standard InChI is InChI=1S/C12H16F3NO3S/c1-12(2,3-4-17)7-16-20(18,19)11-9(14)5-8(13)6-10(11)15/h5-6,16-17H,3-4,7H2,1-2H3. The molecule has 20 heavy (non-hydrogen) atoms. The molecule has 0 bridgehead atoms. The van der Waals surface area contributed by atoms with Crippen LogP contribution < -0.4 is 4.72 Å². The molecular formula is C12H16F3NO3S. The fourth-order valence-electron chi connectivity index (χ4n) is 1.54. The zero-order valence-corrected chi connectivity index (χ0v) is 11.9. The van der Waals surface area contributed by atoms with Gasteiger partial charge in [-0.1, -0.05) is 13.8 Å². The van der Waals surface area contributed by atoms with Crippen LogP contribution in [0.3, 0.4) is 0 Å². The maximum absolute atomic E-state index is 13.4. The summed E-state index contributed by atoms with van der Waals surface area (Å²) in [6.45, 7) is 3.10. The molecule has 0 aliphatic heterocycles. The third-order valence-electron chi connectivity index (χ3n) is 2.76. The van der Waals surface area contributed by atoms with Gasteiger partial charge in [0, 0.05) is 25.3 Å². The van der Waals surface area contributed by atoms with Gasteiger partial charge in [-0.2, -0.15) is 0 Å². The largest absolute Gasteiger partial charge is 0.396 e. The third kappa shape index (κ3) is 4.19. The van der Waals surface area contributed by atoms with Gasteiger partial charge in [0.25, 0.3) is 0 Å². The molecular weight excluding hydrogens is 295 g/mol. The van der Waals surface area contributed by atoms with Gasteiger partial charge in [-0.25, -0.2) is 26.3 Å². The summed E-state index contributed by atoms with van der Waals surface area (Å²) in [4.78, 5) is -1.21. The normalized spacial score (nSPS) is 12.7. The van der Waals surface area contributed by atoms with Crippen LogP contribution in [0.2, 0.25) is 0 Å². The lowest BCUT2D eigenvalue weighted by atomic mass is 9.90. The molecule has 2 N–H and O–H groups in total. The van der Waals surface area contributed by atoms with Crippen molar-refractivity contribution in [3.63, 3.8) is 0 Å². The zero-order chi connectivity index (χ0) is 15.6. The van der Waals surface area contributed by atoms with Crippen molar-refractivity contribution in [2.45, 2.75) is 25.2 Å². The molecule has 0 unspecified atom stereocenters. The Labute approximate surface area is 115 Å². The van der Waals surface area contributed by atoms with Gasteiger partial charge in [0.2, 0.25) is 10.0 Å². The molecule has 0 saturated heterocycles. The van der Waals surface area contributed by atoms with E-state index in [0.717, 1.165) is 0 Å². The van der Waals surface area contributed by atoms with Gasteiger partial charge in [-0.3, -0.25) is 0 Å². The van der Waals surface area contributed by atoms with Crippen molar-refractivity contribution in [3.8, 4) is 0 Å². The highest BCUT2D eigenvalue weighted by Gasteiger charge is 2.27. The van der Waals surface area contributed by atoms with Crippen molar-refractivity contribution < 1.29 is 26.7 Å². The second-order valence-corrected chi connectivity index (χ2v) is 6.86. The van der Waals surface area contributed by atoms with E-state index in [1.165, 1.54) is 0 Å². The molecule has 0 saturated carbocycles. The minimum atomic E-state index is -4.44. The summed E-state index contributed by atoms with van der Waals surface area (Å²) in [5, 5.41) is 8.83. The minimum Gasteiger partial charge on any atom is -0.396 e. The van der Waals surface area contributed by atoms with E-state index in [4.69, 9.17) is 5.11 Å². The maximum atomic E-state index is 13.4. The van der Waals surface area contributed by atoms with E-state index >= 15 is 0 Å². The predicted molar refractivity (Wildman–Crippen MR) is 67.0 cm³/mol. The van der Waals surface area contributed by atoms with Gasteiger partial charge in [0.1, 0.15) is 17.5 Å². The lowest BCUT2D eigenvalue weighted by Gasteiger charge is -2.23. The van der Waals surface area contributed by atoms with Crippen molar-refractivity contribution in [1.29, 1.82) is 0 Å². The van der Waals surface area contributed by atoms with Gasteiger partial charge in [-0.15, -0.1) is 0 Å². The molecule has 0 spiro atoms. The van der Waals surface area contributed by atoms with Gasteiger partial charge < -0.3 is 5.11 Å². The molecule has 0 aliphatic rings. The summed E-state index contributed by atoms with van der Waals surface area (Å²) in [5.41, 5.74) is -0.588. The molecule has 1 aromatic carbocycles. The van der Waals surface area contributed by atoms with Gasteiger partial charge in [0.15, 0.2) is 4.90 Å². The van der Waals surface area contributed by atoms with Gasteiger partial charge >= 0.3 is 0 Å².